The van der Waals surface area contributed by atoms with Gasteiger partial charge in [0.05, 0.1) is 20.8 Å². The van der Waals surface area contributed by atoms with E-state index in [1.807, 2.05) is 18.2 Å². The standard InChI is InChI=1S/C20H31N3O5/c1-6-28-19(25)23-11-9-22(10-12-23)18(24)21-14-20(2,3)15-7-8-16(26-4)17(13-15)27-5/h7-8,13H,6,9-12,14H2,1-5H3,(H,21,24). The Morgan fingerprint density at radius 1 is 1.04 bits per heavy atom. The molecule has 0 aromatic heterocycles. The first-order chi connectivity index (χ1) is 13.3. The predicted molar refractivity (Wildman–Crippen MR) is 106 cm³/mol. The zero-order chi connectivity index (χ0) is 20.7. The Bertz CT molecular complexity index is 684. The van der Waals surface area contributed by atoms with Crippen molar-refractivity contribution in [2.24, 2.45) is 0 Å². The highest BCUT2D eigenvalue weighted by molar-refractivity contribution is 5.75. The van der Waals surface area contributed by atoms with Crippen molar-refractivity contribution in [3.63, 3.8) is 0 Å². The van der Waals surface area contributed by atoms with E-state index in [1.54, 1.807) is 30.9 Å². The Labute approximate surface area is 166 Å². The summed E-state index contributed by atoms with van der Waals surface area (Å²) < 4.78 is 15.7. The molecule has 0 radical (unpaired) electrons. The van der Waals surface area contributed by atoms with Crippen LogP contribution in [0.4, 0.5) is 9.59 Å². The van der Waals surface area contributed by atoms with Crippen LogP contribution in [0.3, 0.4) is 0 Å². The Hall–Kier alpha value is -2.64. The minimum Gasteiger partial charge on any atom is -0.493 e. The number of benzene rings is 1. The van der Waals surface area contributed by atoms with Gasteiger partial charge >= 0.3 is 12.1 Å². The van der Waals surface area contributed by atoms with Gasteiger partial charge in [0.25, 0.3) is 0 Å². The molecule has 8 nitrogen and oxygen atoms in total. The largest absolute Gasteiger partial charge is 0.493 e. The van der Waals surface area contributed by atoms with Gasteiger partial charge in [-0.3, -0.25) is 0 Å². The third-order valence-electron chi connectivity index (χ3n) is 4.94. The van der Waals surface area contributed by atoms with Gasteiger partial charge in [-0.2, -0.15) is 0 Å². The van der Waals surface area contributed by atoms with E-state index in [1.165, 1.54) is 0 Å². The summed E-state index contributed by atoms with van der Waals surface area (Å²) >= 11 is 0. The van der Waals surface area contributed by atoms with Crippen LogP contribution in [-0.2, 0) is 10.2 Å². The molecule has 1 aliphatic rings. The fourth-order valence-electron chi connectivity index (χ4n) is 3.07. The maximum atomic E-state index is 12.5. The summed E-state index contributed by atoms with van der Waals surface area (Å²) in [4.78, 5) is 27.6. The van der Waals surface area contributed by atoms with Crippen molar-refractivity contribution in [3.8, 4) is 11.5 Å². The van der Waals surface area contributed by atoms with E-state index in [4.69, 9.17) is 14.2 Å². The lowest BCUT2D eigenvalue weighted by Crippen LogP contribution is -2.54. The first-order valence-electron chi connectivity index (χ1n) is 9.49. The van der Waals surface area contributed by atoms with Crippen LogP contribution in [-0.4, -0.2) is 75.5 Å². The zero-order valence-corrected chi connectivity index (χ0v) is 17.4. The molecule has 0 spiro atoms. The first-order valence-corrected chi connectivity index (χ1v) is 9.49. The molecule has 0 atom stereocenters. The van der Waals surface area contributed by atoms with Crippen LogP contribution in [0.2, 0.25) is 0 Å². The lowest BCUT2D eigenvalue weighted by atomic mass is 9.84. The molecule has 1 aliphatic heterocycles. The highest BCUT2D eigenvalue weighted by atomic mass is 16.6. The number of amides is 3. The number of methoxy groups -OCH3 is 2. The molecular formula is C20H31N3O5. The van der Waals surface area contributed by atoms with Gasteiger partial charge < -0.3 is 29.3 Å². The Morgan fingerprint density at radius 2 is 1.64 bits per heavy atom. The molecule has 1 N–H and O–H groups in total. The van der Waals surface area contributed by atoms with Crippen LogP contribution in [0.25, 0.3) is 0 Å². The Balaban J connectivity index is 1.90. The topological polar surface area (TPSA) is 80.3 Å². The number of carbonyl (C=O) groups is 2. The molecule has 1 aromatic carbocycles. The number of carbonyl (C=O) groups excluding carboxylic acids is 2. The molecule has 1 aromatic rings. The van der Waals surface area contributed by atoms with E-state index in [9.17, 15) is 9.59 Å². The normalized spacial score (nSPS) is 14.5. The van der Waals surface area contributed by atoms with Gasteiger partial charge in [-0.1, -0.05) is 19.9 Å². The van der Waals surface area contributed by atoms with Gasteiger partial charge in [0.1, 0.15) is 0 Å². The molecule has 0 aliphatic carbocycles. The lowest BCUT2D eigenvalue weighted by Gasteiger charge is -2.35. The van der Waals surface area contributed by atoms with E-state index in [2.05, 4.69) is 19.2 Å². The number of rotatable bonds is 6. The average Bonchev–Trinajstić information content (AvgIpc) is 2.71. The van der Waals surface area contributed by atoms with E-state index in [0.717, 1.165) is 5.56 Å². The maximum absolute atomic E-state index is 12.5. The van der Waals surface area contributed by atoms with E-state index < -0.39 is 0 Å². The van der Waals surface area contributed by atoms with Crippen LogP contribution in [0.1, 0.15) is 26.3 Å². The number of nitrogens with one attached hydrogen (secondary N) is 1. The summed E-state index contributed by atoms with van der Waals surface area (Å²) in [7, 11) is 3.21. The summed E-state index contributed by atoms with van der Waals surface area (Å²) in [6.07, 6.45) is -0.322. The number of urea groups is 1. The Kier molecular flexibility index (Phi) is 7.37. The molecule has 2 rings (SSSR count). The third-order valence-corrected chi connectivity index (χ3v) is 4.94. The molecule has 1 fully saturated rings. The van der Waals surface area contributed by atoms with Crippen molar-refractivity contribution in [2.45, 2.75) is 26.2 Å². The van der Waals surface area contributed by atoms with Crippen molar-refractivity contribution in [2.75, 3.05) is 53.6 Å². The maximum Gasteiger partial charge on any atom is 0.409 e. The molecule has 156 valence electrons. The second kappa shape index (κ2) is 9.52. The lowest BCUT2D eigenvalue weighted by molar-refractivity contribution is 0.0850. The van der Waals surface area contributed by atoms with Gasteiger partial charge in [-0.25, -0.2) is 9.59 Å². The number of hydrogen-bond acceptors (Lipinski definition) is 5. The molecule has 28 heavy (non-hydrogen) atoms. The highest BCUT2D eigenvalue weighted by Crippen LogP contribution is 2.32. The van der Waals surface area contributed by atoms with E-state index in [0.29, 0.717) is 50.8 Å². The number of nitrogens with zero attached hydrogens (tertiary/aromatic N) is 2. The summed E-state index contributed by atoms with van der Waals surface area (Å²) in [6, 6.07) is 5.65. The van der Waals surface area contributed by atoms with E-state index >= 15 is 0 Å². The highest BCUT2D eigenvalue weighted by Gasteiger charge is 2.27. The van der Waals surface area contributed by atoms with Crippen LogP contribution < -0.4 is 14.8 Å². The molecule has 1 heterocycles. The van der Waals surface area contributed by atoms with Crippen LogP contribution in [0, 0.1) is 0 Å². The zero-order valence-electron chi connectivity index (χ0n) is 17.4. The van der Waals surface area contributed by atoms with E-state index in [-0.39, 0.29) is 17.5 Å². The van der Waals surface area contributed by atoms with Crippen molar-refractivity contribution < 1.29 is 23.8 Å². The van der Waals surface area contributed by atoms with Crippen molar-refractivity contribution in [1.82, 2.24) is 15.1 Å². The quantitative estimate of drug-likeness (QED) is 0.803. The van der Waals surface area contributed by atoms with Crippen LogP contribution in [0.5, 0.6) is 11.5 Å². The summed E-state index contributed by atoms with van der Waals surface area (Å²) in [5, 5.41) is 3.01. The molecule has 1 saturated heterocycles. The van der Waals surface area contributed by atoms with Gasteiger partial charge in [0.15, 0.2) is 11.5 Å². The van der Waals surface area contributed by atoms with Crippen molar-refractivity contribution in [1.29, 1.82) is 0 Å². The minimum atomic E-state index is -0.322. The fraction of sp³-hybridized carbons (Fsp3) is 0.600. The number of piperazine rings is 1. The Morgan fingerprint density at radius 3 is 2.21 bits per heavy atom. The summed E-state index contributed by atoms with van der Waals surface area (Å²) in [6.45, 7) is 8.66. The predicted octanol–water partition coefficient (Wildman–Crippen LogP) is 2.47. The fourth-order valence-corrected chi connectivity index (χ4v) is 3.07. The van der Waals surface area contributed by atoms with Crippen molar-refractivity contribution in [3.05, 3.63) is 23.8 Å². The summed E-state index contributed by atoms with van der Waals surface area (Å²) in [5.41, 5.74) is 0.750. The molecule has 0 bridgehead atoms. The molecule has 0 saturated carbocycles. The molecular weight excluding hydrogens is 362 g/mol. The molecule has 3 amide bonds. The number of ether oxygens (including phenoxy) is 3. The summed E-state index contributed by atoms with van der Waals surface area (Å²) in [5.74, 6) is 1.33. The van der Waals surface area contributed by atoms with Crippen LogP contribution in [0.15, 0.2) is 18.2 Å². The average molecular weight is 393 g/mol. The second-order valence-corrected chi connectivity index (χ2v) is 7.29. The molecule has 0 unspecified atom stereocenters. The monoisotopic (exact) mass is 393 g/mol. The second-order valence-electron chi connectivity index (χ2n) is 7.29. The van der Waals surface area contributed by atoms with Crippen molar-refractivity contribution >= 4 is 12.1 Å². The third kappa shape index (κ3) is 5.21. The molecule has 8 heteroatoms. The number of hydrogen-bond donors (Lipinski definition) is 1. The van der Waals surface area contributed by atoms with Crippen LogP contribution >= 0.6 is 0 Å². The van der Waals surface area contributed by atoms with Gasteiger partial charge in [-0.05, 0) is 24.6 Å². The smallest absolute Gasteiger partial charge is 0.409 e. The van der Waals surface area contributed by atoms with Gasteiger partial charge in [-0.15, -0.1) is 0 Å². The SMILES string of the molecule is CCOC(=O)N1CCN(C(=O)NCC(C)(C)c2ccc(OC)c(OC)c2)CC1. The van der Waals surface area contributed by atoms with Gasteiger partial charge in [0, 0.05) is 38.1 Å². The van der Waals surface area contributed by atoms with Gasteiger partial charge in [0.2, 0.25) is 0 Å². The minimum absolute atomic E-state index is 0.128. The first kappa shape index (κ1) is 21.7.